The molecule has 0 bridgehead atoms. The summed E-state index contributed by atoms with van der Waals surface area (Å²) in [5.41, 5.74) is 1.54. The number of H-pyrrole nitrogens is 1. The number of nitrogens with one attached hydrogen (secondary N) is 2. The van der Waals surface area contributed by atoms with Crippen molar-refractivity contribution in [2.45, 2.75) is 25.8 Å². The van der Waals surface area contributed by atoms with Crippen molar-refractivity contribution in [3.63, 3.8) is 0 Å². The predicted octanol–water partition coefficient (Wildman–Crippen LogP) is 2.13. The van der Waals surface area contributed by atoms with Crippen LogP contribution in [0.15, 0.2) is 35.1 Å². The number of likely N-dealkylation sites (tertiary alicyclic amines) is 1. The average molecular weight is 355 g/mol. The molecule has 7 nitrogen and oxygen atoms in total. The van der Waals surface area contributed by atoms with Crippen LogP contribution in [0.1, 0.15) is 28.9 Å². The molecular formula is C19H21N3O4. The lowest BCUT2D eigenvalue weighted by Crippen LogP contribution is -2.46. The molecule has 2 N–H and O–H groups in total. The summed E-state index contributed by atoms with van der Waals surface area (Å²) in [6, 6.07) is 9.21. The van der Waals surface area contributed by atoms with E-state index in [1.165, 1.54) is 0 Å². The van der Waals surface area contributed by atoms with Gasteiger partial charge in [0.05, 0.1) is 0 Å². The fourth-order valence-corrected chi connectivity index (χ4v) is 3.41. The fraction of sp³-hybridized carbons (Fsp3) is 0.368. The van der Waals surface area contributed by atoms with E-state index in [-0.39, 0.29) is 29.9 Å². The lowest BCUT2D eigenvalue weighted by Gasteiger charge is -2.33. The topological polar surface area (TPSA) is 83.7 Å². The molecule has 1 aromatic heterocycles. The number of hydrogen-bond acceptors (Lipinski definition) is 5. The summed E-state index contributed by atoms with van der Waals surface area (Å²) in [5.74, 6) is 1.25. The number of benzene rings is 1. The van der Waals surface area contributed by atoms with Crippen LogP contribution in [0.3, 0.4) is 0 Å². The van der Waals surface area contributed by atoms with E-state index < -0.39 is 0 Å². The Morgan fingerprint density at radius 1 is 1.23 bits per heavy atom. The maximum atomic E-state index is 12.7. The summed E-state index contributed by atoms with van der Waals surface area (Å²) in [6.45, 7) is 3.25. The smallest absolute Gasteiger partial charge is 0.260 e. The van der Waals surface area contributed by atoms with E-state index in [9.17, 15) is 9.59 Å². The van der Waals surface area contributed by atoms with Crippen molar-refractivity contribution in [3.8, 4) is 11.5 Å². The van der Waals surface area contributed by atoms with Gasteiger partial charge in [-0.15, -0.1) is 0 Å². The molecule has 7 heteroatoms. The van der Waals surface area contributed by atoms with E-state index in [0.717, 1.165) is 35.7 Å². The second-order valence-corrected chi connectivity index (χ2v) is 6.69. The summed E-state index contributed by atoms with van der Waals surface area (Å²) in [6.07, 6.45) is 1.85. The van der Waals surface area contributed by atoms with Gasteiger partial charge in [-0.25, -0.2) is 0 Å². The number of carbonyl (C=O) groups is 1. The molecule has 136 valence electrons. The van der Waals surface area contributed by atoms with E-state index in [4.69, 9.17) is 9.47 Å². The van der Waals surface area contributed by atoms with Crippen LogP contribution in [-0.4, -0.2) is 41.7 Å². The Morgan fingerprint density at radius 3 is 2.92 bits per heavy atom. The quantitative estimate of drug-likeness (QED) is 0.881. The minimum atomic E-state index is -0.333. The van der Waals surface area contributed by atoms with Crippen molar-refractivity contribution in [3.05, 3.63) is 51.9 Å². The Balaban J connectivity index is 1.45. The number of nitrogens with zero attached hydrogens (tertiary/aromatic N) is 1. The van der Waals surface area contributed by atoms with E-state index in [0.29, 0.717) is 13.1 Å². The third-order valence-electron chi connectivity index (χ3n) is 4.74. The highest BCUT2D eigenvalue weighted by Crippen LogP contribution is 2.34. The number of anilines is 1. The number of piperidine rings is 1. The third-order valence-corrected chi connectivity index (χ3v) is 4.74. The molecule has 0 unspecified atom stereocenters. The molecule has 3 heterocycles. The predicted molar refractivity (Wildman–Crippen MR) is 96.9 cm³/mol. The van der Waals surface area contributed by atoms with E-state index in [1.807, 2.05) is 18.2 Å². The molecule has 0 saturated carbocycles. The first-order valence-electron chi connectivity index (χ1n) is 8.75. The second-order valence-electron chi connectivity index (χ2n) is 6.69. The minimum Gasteiger partial charge on any atom is -0.454 e. The van der Waals surface area contributed by atoms with Crippen LogP contribution in [0.5, 0.6) is 11.5 Å². The summed E-state index contributed by atoms with van der Waals surface area (Å²) in [7, 11) is 0. The number of amides is 1. The zero-order valence-corrected chi connectivity index (χ0v) is 14.6. The summed E-state index contributed by atoms with van der Waals surface area (Å²) >= 11 is 0. The molecule has 2 aliphatic heterocycles. The molecule has 0 aliphatic carbocycles. The number of pyridine rings is 1. The first kappa shape index (κ1) is 16.5. The molecule has 0 spiro atoms. The first-order valence-corrected chi connectivity index (χ1v) is 8.75. The third kappa shape index (κ3) is 3.24. The van der Waals surface area contributed by atoms with E-state index >= 15 is 0 Å². The van der Waals surface area contributed by atoms with Crippen molar-refractivity contribution >= 4 is 11.6 Å². The Kier molecular flexibility index (Phi) is 4.28. The molecular weight excluding hydrogens is 334 g/mol. The van der Waals surface area contributed by atoms with Gasteiger partial charge in [-0.05, 0) is 44.0 Å². The monoisotopic (exact) mass is 355 g/mol. The van der Waals surface area contributed by atoms with Gasteiger partial charge in [0.25, 0.3) is 11.5 Å². The summed E-state index contributed by atoms with van der Waals surface area (Å²) in [5, 5.41) is 3.46. The van der Waals surface area contributed by atoms with E-state index in [1.54, 1.807) is 24.0 Å². The van der Waals surface area contributed by atoms with Crippen molar-refractivity contribution in [1.82, 2.24) is 9.88 Å². The highest BCUT2D eigenvalue weighted by atomic mass is 16.7. The second kappa shape index (κ2) is 6.74. The van der Waals surface area contributed by atoms with E-state index in [2.05, 4.69) is 10.3 Å². The molecule has 1 saturated heterocycles. The van der Waals surface area contributed by atoms with Gasteiger partial charge in [-0.3, -0.25) is 9.59 Å². The van der Waals surface area contributed by atoms with Crippen LogP contribution < -0.4 is 20.3 Å². The Labute approximate surface area is 150 Å². The van der Waals surface area contributed by atoms with Crippen molar-refractivity contribution in [1.29, 1.82) is 0 Å². The highest BCUT2D eigenvalue weighted by molar-refractivity contribution is 5.94. The van der Waals surface area contributed by atoms with Gasteiger partial charge in [-0.1, -0.05) is 0 Å². The lowest BCUT2D eigenvalue weighted by molar-refractivity contribution is 0.0713. The Hall–Kier alpha value is -2.96. The van der Waals surface area contributed by atoms with Crippen molar-refractivity contribution in [2.24, 2.45) is 0 Å². The van der Waals surface area contributed by atoms with Crippen LogP contribution in [0, 0.1) is 6.92 Å². The number of aryl methyl sites for hydroxylation is 1. The van der Waals surface area contributed by atoms with Crippen molar-refractivity contribution < 1.29 is 14.3 Å². The number of fused-ring (bicyclic) bond motifs is 1. The number of rotatable bonds is 3. The van der Waals surface area contributed by atoms with Gasteiger partial charge < -0.3 is 24.7 Å². The molecule has 1 fully saturated rings. The highest BCUT2D eigenvalue weighted by Gasteiger charge is 2.26. The van der Waals surface area contributed by atoms with Gasteiger partial charge in [0, 0.05) is 36.6 Å². The van der Waals surface area contributed by atoms with Crippen LogP contribution in [0.2, 0.25) is 0 Å². The zero-order valence-electron chi connectivity index (χ0n) is 14.6. The zero-order chi connectivity index (χ0) is 18.1. The Bertz CT molecular complexity index is 893. The van der Waals surface area contributed by atoms with Gasteiger partial charge in [0.1, 0.15) is 5.56 Å². The van der Waals surface area contributed by atoms with Gasteiger partial charge in [0.2, 0.25) is 6.79 Å². The molecule has 4 rings (SSSR count). The average Bonchev–Trinajstić information content (AvgIpc) is 3.09. The molecule has 2 aliphatic rings. The summed E-state index contributed by atoms with van der Waals surface area (Å²) < 4.78 is 10.7. The lowest BCUT2D eigenvalue weighted by atomic mass is 10.0. The molecule has 0 radical (unpaired) electrons. The SMILES string of the molecule is Cc1ccc(C(=O)N2CCC[C@@H](Nc3ccc4c(c3)OCO4)C2)c(=O)[nH]1. The number of carbonyl (C=O) groups excluding carboxylic acids is 1. The maximum Gasteiger partial charge on any atom is 0.260 e. The van der Waals surface area contributed by atoms with Gasteiger partial charge in [0.15, 0.2) is 11.5 Å². The van der Waals surface area contributed by atoms with Gasteiger partial charge >= 0.3 is 0 Å². The van der Waals surface area contributed by atoms with Crippen LogP contribution >= 0.6 is 0 Å². The number of hydrogen-bond donors (Lipinski definition) is 2. The molecule has 2 aromatic rings. The normalized spacial score (nSPS) is 18.7. The molecule has 1 atom stereocenters. The Morgan fingerprint density at radius 2 is 2.08 bits per heavy atom. The minimum absolute atomic E-state index is 0.123. The van der Waals surface area contributed by atoms with Crippen LogP contribution in [-0.2, 0) is 0 Å². The molecule has 26 heavy (non-hydrogen) atoms. The largest absolute Gasteiger partial charge is 0.454 e. The molecule has 1 aromatic carbocycles. The number of ether oxygens (including phenoxy) is 2. The number of aromatic amines is 1. The van der Waals surface area contributed by atoms with Crippen LogP contribution in [0.4, 0.5) is 5.69 Å². The fourth-order valence-electron chi connectivity index (χ4n) is 3.41. The standard InChI is InChI=1S/C19H21N3O4/c1-12-4-6-15(18(23)20-12)19(24)22-8-2-3-14(10-22)21-13-5-7-16-17(9-13)26-11-25-16/h4-7,9,14,21H,2-3,8,10-11H2,1H3,(H,20,23)/t14-/m1/s1. The number of aromatic nitrogens is 1. The molecule has 1 amide bonds. The van der Waals surface area contributed by atoms with Crippen LogP contribution in [0.25, 0.3) is 0 Å². The van der Waals surface area contributed by atoms with Crippen molar-refractivity contribution in [2.75, 3.05) is 25.2 Å². The summed E-state index contributed by atoms with van der Waals surface area (Å²) in [4.78, 5) is 29.2. The maximum absolute atomic E-state index is 12.7. The van der Waals surface area contributed by atoms with Gasteiger partial charge in [-0.2, -0.15) is 0 Å². The first-order chi connectivity index (χ1) is 12.6.